The zero-order chi connectivity index (χ0) is 17.8. The predicted octanol–water partition coefficient (Wildman–Crippen LogP) is 4.91. The Morgan fingerprint density at radius 3 is 2.50 bits per heavy atom. The molecule has 1 amide bonds. The summed E-state index contributed by atoms with van der Waals surface area (Å²) < 4.78 is 29.9. The van der Waals surface area contributed by atoms with Gasteiger partial charge in [0.05, 0.1) is 10.2 Å². The number of amides is 1. The van der Waals surface area contributed by atoms with Crippen molar-refractivity contribution in [2.45, 2.75) is 38.7 Å². The van der Waals surface area contributed by atoms with Gasteiger partial charge < -0.3 is 10.1 Å². The minimum absolute atomic E-state index is 0.0851. The maximum absolute atomic E-state index is 12.9. The van der Waals surface area contributed by atoms with Gasteiger partial charge in [-0.1, -0.05) is 11.3 Å². The summed E-state index contributed by atoms with van der Waals surface area (Å²) in [6.45, 7) is -2.85. The zero-order valence-electron chi connectivity index (χ0n) is 14.2. The molecule has 1 aromatic heterocycles. The number of thiazole rings is 1. The highest BCUT2D eigenvalue weighted by molar-refractivity contribution is 7.22. The first-order chi connectivity index (χ1) is 12.5. The molecule has 2 aromatic rings. The fraction of sp³-hybridized carbons (Fsp3) is 0.579. The molecular weight excluding hydrogens is 358 g/mol. The van der Waals surface area contributed by atoms with Crippen LogP contribution >= 0.6 is 11.3 Å². The van der Waals surface area contributed by atoms with E-state index < -0.39 is 6.61 Å². The summed E-state index contributed by atoms with van der Waals surface area (Å²) in [5.74, 6) is 3.00. The smallest absolute Gasteiger partial charge is 0.387 e. The monoisotopic (exact) mass is 378 g/mol. The first-order valence-electron chi connectivity index (χ1n) is 9.21. The molecule has 7 heteroatoms. The number of ether oxygens (including phenoxy) is 1. The van der Waals surface area contributed by atoms with Crippen molar-refractivity contribution in [2.75, 3.05) is 5.32 Å². The summed E-state index contributed by atoms with van der Waals surface area (Å²) in [5, 5.41) is 3.53. The van der Waals surface area contributed by atoms with Crippen LogP contribution in [0, 0.1) is 29.6 Å². The summed E-state index contributed by atoms with van der Waals surface area (Å²) in [5.41, 5.74) is 0.678. The second-order valence-electron chi connectivity index (χ2n) is 7.97. The minimum atomic E-state index is -2.85. The molecule has 4 aliphatic carbocycles. The average molecular weight is 378 g/mol. The van der Waals surface area contributed by atoms with Gasteiger partial charge in [-0.05, 0) is 74.0 Å². The Hall–Kier alpha value is -1.76. The van der Waals surface area contributed by atoms with Gasteiger partial charge in [-0.25, -0.2) is 4.98 Å². The lowest BCUT2D eigenvalue weighted by atomic mass is 9.51. The minimum Gasteiger partial charge on any atom is -0.435 e. The maximum atomic E-state index is 12.9. The second-order valence-corrected chi connectivity index (χ2v) is 9.00. The highest BCUT2D eigenvalue weighted by Gasteiger charge is 2.50. The number of fused-ring (bicyclic) bond motifs is 1. The van der Waals surface area contributed by atoms with E-state index in [-0.39, 0.29) is 17.6 Å². The molecule has 1 heterocycles. The van der Waals surface area contributed by atoms with Gasteiger partial charge in [0.25, 0.3) is 0 Å². The van der Waals surface area contributed by atoms with Gasteiger partial charge in [-0.15, -0.1) is 0 Å². The Balaban J connectivity index is 1.33. The van der Waals surface area contributed by atoms with Crippen molar-refractivity contribution < 1.29 is 18.3 Å². The van der Waals surface area contributed by atoms with Crippen LogP contribution in [0.3, 0.4) is 0 Å². The third kappa shape index (κ3) is 2.86. The molecule has 6 rings (SSSR count). The molecule has 0 unspecified atom stereocenters. The lowest BCUT2D eigenvalue weighted by Crippen LogP contribution is -2.49. The number of nitrogens with zero attached hydrogens (tertiary/aromatic N) is 1. The molecule has 26 heavy (non-hydrogen) atoms. The van der Waals surface area contributed by atoms with E-state index in [1.165, 1.54) is 55.6 Å². The standard InChI is InChI=1S/C19H20F2N2O2S/c20-18(21)25-13-1-2-14-15(8-13)26-19(22-14)23-17(24)16-11-4-9-3-10(6-11)7-12(16)5-9/h1-2,8-12,16,18H,3-7H2,(H,22,23,24). The van der Waals surface area contributed by atoms with Gasteiger partial charge in [0.1, 0.15) is 5.75 Å². The van der Waals surface area contributed by atoms with Gasteiger partial charge in [-0.3, -0.25) is 4.79 Å². The number of carbonyl (C=O) groups excluding carboxylic acids is 1. The fourth-order valence-electron chi connectivity index (χ4n) is 5.68. The van der Waals surface area contributed by atoms with Crippen molar-refractivity contribution in [1.82, 2.24) is 4.98 Å². The maximum Gasteiger partial charge on any atom is 0.387 e. The van der Waals surface area contributed by atoms with E-state index >= 15 is 0 Å². The SMILES string of the molecule is O=C(Nc1nc2ccc(OC(F)F)cc2s1)C1C2CC3CC(C2)CC1C3. The second kappa shape index (κ2) is 6.15. The van der Waals surface area contributed by atoms with Crippen molar-refractivity contribution in [1.29, 1.82) is 0 Å². The van der Waals surface area contributed by atoms with Crippen LogP contribution in [0.1, 0.15) is 32.1 Å². The van der Waals surface area contributed by atoms with E-state index in [4.69, 9.17) is 0 Å². The van der Waals surface area contributed by atoms with Crippen LogP contribution in [0.5, 0.6) is 5.75 Å². The lowest BCUT2D eigenvalue weighted by molar-refractivity contribution is -0.132. The number of aromatic nitrogens is 1. The number of hydrogen-bond donors (Lipinski definition) is 1. The van der Waals surface area contributed by atoms with Crippen LogP contribution < -0.4 is 10.1 Å². The van der Waals surface area contributed by atoms with Gasteiger partial charge in [0.15, 0.2) is 5.13 Å². The normalized spacial score (nSPS) is 32.3. The van der Waals surface area contributed by atoms with E-state index in [1.54, 1.807) is 6.07 Å². The van der Waals surface area contributed by atoms with Gasteiger partial charge in [-0.2, -0.15) is 8.78 Å². The van der Waals surface area contributed by atoms with Crippen molar-refractivity contribution in [3.05, 3.63) is 18.2 Å². The number of alkyl halides is 2. The van der Waals surface area contributed by atoms with Crippen molar-refractivity contribution in [3.8, 4) is 5.75 Å². The van der Waals surface area contributed by atoms with Gasteiger partial charge >= 0.3 is 6.61 Å². The quantitative estimate of drug-likeness (QED) is 0.823. The summed E-state index contributed by atoms with van der Waals surface area (Å²) in [7, 11) is 0. The number of carbonyl (C=O) groups is 1. The fourth-order valence-corrected chi connectivity index (χ4v) is 6.57. The van der Waals surface area contributed by atoms with E-state index in [0.717, 1.165) is 16.5 Å². The Morgan fingerprint density at radius 2 is 1.85 bits per heavy atom. The molecule has 0 radical (unpaired) electrons. The molecule has 4 bridgehead atoms. The summed E-state index contributed by atoms with van der Waals surface area (Å²) in [6.07, 6.45) is 6.14. The van der Waals surface area contributed by atoms with Crippen LogP contribution in [-0.4, -0.2) is 17.5 Å². The van der Waals surface area contributed by atoms with E-state index in [2.05, 4.69) is 15.0 Å². The van der Waals surface area contributed by atoms with Gasteiger partial charge in [0, 0.05) is 5.92 Å². The Morgan fingerprint density at radius 1 is 1.15 bits per heavy atom. The van der Waals surface area contributed by atoms with Crippen molar-refractivity contribution >= 4 is 32.6 Å². The van der Waals surface area contributed by atoms with Crippen molar-refractivity contribution in [3.63, 3.8) is 0 Å². The molecule has 4 aliphatic rings. The highest BCUT2D eigenvalue weighted by Crippen LogP contribution is 2.56. The molecule has 0 spiro atoms. The number of hydrogen-bond acceptors (Lipinski definition) is 4. The van der Waals surface area contributed by atoms with Crippen molar-refractivity contribution in [2.24, 2.45) is 29.6 Å². The summed E-state index contributed by atoms with van der Waals surface area (Å²) >= 11 is 1.30. The summed E-state index contributed by atoms with van der Waals surface area (Å²) in [6, 6.07) is 4.65. The molecule has 0 saturated heterocycles. The lowest BCUT2D eigenvalue weighted by Gasteiger charge is -2.53. The van der Waals surface area contributed by atoms with Crippen LogP contribution in [0.15, 0.2) is 18.2 Å². The number of nitrogens with one attached hydrogen (secondary N) is 1. The van der Waals surface area contributed by atoms with Gasteiger partial charge in [0.2, 0.25) is 5.91 Å². The first-order valence-corrected chi connectivity index (χ1v) is 10.0. The number of anilines is 1. The largest absolute Gasteiger partial charge is 0.435 e. The molecule has 1 aromatic carbocycles. The molecule has 4 nitrogen and oxygen atoms in total. The Kier molecular flexibility index (Phi) is 3.88. The highest BCUT2D eigenvalue weighted by atomic mass is 32.1. The van der Waals surface area contributed by atoms with E-state index in [0.29, 0.717) is 22.5 Å². The number of halogens is 2. The summed E-state index contributed by atoms with van der Waals surface area (Å²) in [4.78, 5) is 17.4. The zero-order valence-corrected chi connectivity index (χ0v) is 15.0. The Labute approximate surface area is 153 Å². The van der Waals surface area contributed by atoms with Crippen LogP contribution in [-0.2, 0) is 4.79 Å². The molecule has 1 N–H and O–H groups in total. The van der Waals surface area contributed by atoms with Crippen LogP contribution in [0.2, 0.25) is 0 Å². The first kappa shape index (κ1) is 16.4. The molecule has 4 fully saturated rings. The van der Waals surface area contributed by atoms with Crippen LogP contribution in [0.25, 0.3) is 10.2 Å². The number of rotatable bonds is 4. The number of benzene rings is 1. The van der Waals surface area contributed by atoms with E-state index in [1.807, 2.05) is 0 Å². The molecule has 138 valence electrons. The molecular formula is C19H20F2N2O2S. The molecule has 4 saturated carbocycles. The van der Waals surface area contributed by atoms with Crippen LogP contribution in [0.4, 0.5) is 13.9 Å². The average Bonchev–Trinajstić information content (AvgIpc) is 2.94. The topological polar surface area (TPSA) is 51.2 Å². The predicted molar refractivity (Wildman–Crippen MR) is 95.4 cm³/mol. The Bertz CT molecular complexity index is 825. The molecule has 0 aliphatic heterocycles. The molecule has 0 atom stereocenters. The third-order valence-electron chi connectivity index (χ3n) is 6.34. The van der Waals surface area contributed by atoms with E-state index in [9.17, 15) is 13.6 Å². The third-order valence-corrected chi connectivity index (χ3v) is 7.28.